The predicted molar refractivity (Wildman–Crippen MR) is 161 cm³/mol. The number of piperazine rings is 1. The molecule has 1 saturated heterocycles. The summed E-state index contributed by atoms with van der Waals surface area (Å²) >= 11 is 0. The highest BCUT2D eigenvalue weighted by molar-refractivity contribution is 5.94. The Hall–Kier alpha value is -4.16. The molecule has 0 spiro atoms. The van der Waals surface area contributed by atoms with Crippen LogP contribution in [0.4, 0.5) is 11.5 Å². The number of likely N-dealkylation sites (N-methyl/N-ethyl adjacent to an activating group) is 1. The number of hydrogen-bond acceptors (Lipinski definition) is 7. The molecule has 3 aromatic rings. The number of amides is 1. The SMILES string of the molecule is [C-]#[N+]CC1CN(c2nc(OC3(CN(C)C)CC3)nc3c2CCN(c2cccc4ccccc24)C3)CCN1C(=O)C=C. The van der Waals surface area contributed by atoms with E-state index in [1.54, 1.807) is 4.90 Å². The van der Waals surface area contributed by atoms with Crippen LogP contribution in [0.5, 0.6) is 6.01 Å². The summed E-state index contributed by atoms with van der Waals surface area (Å²) in [5.74, 6) is 0.751. The number of hydrogen-bond donors (Lipinski definition) is 0. The maximum atomic E-state index is 12.5. The largest absolute Gasteiger partial charge is 0.455 e. The van der Waals surface area contributed by atoms with Gasteiger partial charge in [0.1, 0.15) is 17.5 Å². The Morgan fingerprint density at radius 2 is 1.95 bits per heavy atom. The molecule has 1 amide bonds. The summed E-state index contributed by atoms with van der Waals surface area (Å²) in [6, 6.07) is 15.2. The third-order valence-electron chi connectivity index (χ3n) is 8.39. The van der Waals surface area contributed by atoms with Crippen molar-refractivity contribution in [3.05, 3.63) is 77.8 Å². The van der Waals surface area contributed by atoms with Crippen molar-refractivity contribution in [2.45, 2.75) is 37.5 Å². The third-order valence-corrected chi connectivity index (χ3v) is 8.39. The molecule has 0 N–H and O–H groups in total. The van der Waals surface area contributed by atoms with Gasteiger partial charge in [-0.3, -0.25) is 4.79 Å². The average Bonchev–Trinajstić information content (AvgIpc) is 3.73. The van der Waals surface area contributed by atoms with E-state index in [-0.39, 0.29) is 24.1 Å². The number of anilines is 2. The van der Waals surface area contributed by atoms with Crippen molar-refractivity contribution in [2.75, 3.05) is 63.2 Å². The summed E-state index contributed by atoms with van der Waals surface area (Å²) in [5, 5.41) is 2.46. The van der Waals surface area contributed by atoms with E-state index in [1.165, 1.54) is 22.5 Å². The van der Waals surface area contributed by atoms with Gasteiger partial charge in [-0.05, 0) is 50.9 Å². The lowest BCUT2D eigenvalue weighted by Crippen LogP contribution is -2.56. The number of carbonyl (C=O) groups is 1. The van der Waals surface area contributed by atoms with E-state index in [2.05, 4.69) is 82.7 Å². The van der Waals surface area contributed by atoms with Gasteiger partial charge in [-0.1, -0.05) is 43.0 Å². The molecule has 1 aromatic heterocycles. The fourth-order valence-corrected chi connectivity index (χ4v) is 6.30. The zero-order valence-electron chi connectivity index (χ0n) is 23.9. The monoisotopic (exact) mass is 551 g/mol. The minimum Gasteiger partial charge on any atom is -0.455 e. The molecule has 3 heterocycles. The van der Waals surface area contributed by atoms with Crippen LogP contribution in [0.25, 0.3) is 15.6 Å². The van der Waals surface area contributed by atoms with Gasteiger partial charge >= 0.3 is 6.01 Å². The van der Waals surface area contributed by atoms with Crippen LogP contribution in [-0.4, -0.2) is 90.7 Å². The van der Waals surface area contributed by atoms with Crippen molar-refractivity contribution in [1.29, 1.82) is 0 Å². The molecule has 1 atom stereocenters. The molecule has 2 aliphatic heterocycles. The topological polar surface area (TPSA) is 69.4 Å². The Morgan fingerprint density at radius 3 is 2.71 bits per heavy atom. The molecule has 9 heteroatoms. The van der Waals surface area contributed by atoms with Gasteiger partial charge in [0, 0.05) is 49.4 Å². The van der Waals surface area contributed by atoms with Crippen LogP contribution in [0.3, 0.4) is 0 Å². The Balaban J connectivity index is 1.36. The first-order valence-corrected chi connectivity index (χ1v) is 14.4. The zero-order valence-corrected chi connectivity index (χ0v) is 23.9. The molecule has 2 fully saturated rings. The summed E-state index contributed by atoms with van der Waals surface area (Å²) in [7, 11) is 4.12. The Labute approximate surface area is 241 Å². The summed E-state index contributed by atoms with van der Waals surface area (Å²) in [4.78, 5) is 34.8. The van der Waals surface area contributed by atoms with Crippen LogP contribution in [0.15, 0.2) is 55.1 Å². The van der Waals surface area contributed by atoms with E-state index in [0.717, 1.165) is 49.4 Å². The maximum Gasteiger partial charge on any atom is 0.319 e. The predicted octanol–water partition coefficient (Wildman–Crippen LogP) is 3.79. The van der Waals surface area contributed by atoms with Crippen LogP contribution in [0.1, 0.15) is 24.1 Å². The van der Waals surface area contributed by atoms with Crippen molar-refractivity contribution >= 4 is 28.2 Å². The molecular formula is C32H37N7O2. The first-order chi connectivity index (χ1) is 19.9. The van der Waals surface area contributed by atoms with Crippen molar-refractivity contribution in [3.8, 4) is 6.01 Å². The van der Waals surface area contributed by atoms with Gasteiger partial charge in [0.25, 0.3) is 0 Å². The summed E-state index contributed by atoms with van der Waals surface area (Å²) < 4.78 is 6.55. The lowest BCUT2D eigenvalue weighted by atomic mass is 10.0. The highest BCUT2D eigenvalue weighted by atomic mass is 16.5. The smallest absolute Gasteiger partial charge is 0.319 e. The lowest BCUT2D eigenvalue weighted by Gasteiger charge is -2.41. The second-order valence-corrected chi connectivity index (χ2v) is 11.6. The van der Waals surface area contributed by atoms with Gasteiger partial charge in [-0.25, -0.2) is 6.57 Å². The molecule has 2 aromatic carbocycles. The standard InChI is InChI=1S/C32H37N7O2/c1-5-29(40)39-18-17-38(20-24(39)19-33-2)30-26-13-16-37(28-12-8-10-23-9-6-7-11-25(23)28)21-27(26)34-31(35-30)41-32(14-15-32)22-36(3)4/h5-12,24H,1,13-22H2,3-4H3. The Bertz CT molecular complexity index is 1500. The van der Waals surface area contributed by atoms with E-state index in [9.17, 15) is 4.79 Å². The Kier molecular flexibility index (Phi) is 7.26. The molecule has 9 nitrogen and oxygen atoms in total. The van der Waals surface area contributed by atoms with Crippen LogP contribution >= 0.6 is 0 Å². The lowest BCUT2D eigenvalue weighted by molar-refractivity contribution is -0.128. The number of nitrogens with zero attached hydrogens (tertiary/aromatic N) is 7. The average molecular weight is 552 g/mol. The molecule has 1 aliphatic carbocycles. The molecule has 41 heavy (non-hydrogen) atoms. The zero-order chi connectivity index (χ0) is 28.6. The molecule has 1 saturated carbocycles. The molecular weight excluding hydrogens is 514 g/mol. The van der Waals surface area contributed by atoms with Crippen LogP contribution in [-0.2, 0) is 17.8 Å². The van der Waals surface area contributed by atoms with Crippen LogP contribution < -0.4 is 14.5 Å². The van der Waals surface area contributed by atoms with E-state index < -0.39 is 0 Å². The number of rotatable bonds is 8. The van der Waals surface area contributed by atoms with Crippen molar-refractivity contribution < 1.29 is 9.53 Å². The molecule has 0 radical (unpaired) electrons. The van der Waals surface area contributed by atoms with E-state index >= 15 is 0 Å². The first kappa shape index (κ1) is 27.0. The second-order valence-electron chi connectivity index (χ2n) is 11.6. The molecule has 3 aliphatic rings. The molecule has 6 rings (SSSR count). The van der Waals surface area contributed by atoms with Gasteiger partial charge < -0.3 is 29.2 Å². The maximum absolute atomic E-state index is 12.5. The second kappa shape index (κ2) is 11.0. The fraction of sp³-hybridized carbons (Fsp3) is 0.438. The number of ether oxygens (including phenoxy) is 1. The van der Waals surface area contributed by atoms with Gasteiger partial charge in [0.2, 0.25) is 12.5 Å². The van der Waals surface area contributed by atoms with Crippen molar-refractivity contribution in [2.24, 2.45) is 0 Å². The number of fused-ring (bicyclic) bond motifs is 2. The van der Waals surface area contributed by atoms with Gasteiger partial charge in [0.05, 0.1) is 12.2 Å². The van der Waals surface area contributed by atoms with Crippen molar-refractivity contribution in [1.82, 2.24) is 19.8 Å². The van der Waals surface area contributed by atoms with Crippen LogP contribution in [0.2, 0.25) is 0 Å². The van der Waals surface area contributed by atoms with E-state index in [0.29, 0.717) is 32.2 Å². The normalized spacial score (nSPS) is 19.6. The molecule has 0 bridgehead atoms. The summed E-state index contributed by atoms with van der Waals surface area (Å²) in [6.07, 6.45) is 4.11. The third kappa shape index (κ3) is 5.44. The van der Waals surface area contributed by atoms with E-state index in [1.807, 2.05) is 0 Å². The van der Waals surface area contributed by atoms with Gasteiger partial charge in [-0.15, -0.1) is 0 Å². The molecule has 1 unspecified atom stereocenters. The van der Waals surface area contributed by atoms with Gasteiger partial charge in [-0.2, -0.15) is 9.97 Å². The van der Waals surface area contributed by atoms with E-state index in [4.69, 9.17) is 21.3 Å². The number of carbonyl (C=O) groups excluding carboxylic acids is 1. The minimum atomic E-state index is -0.249. The number of aromatic nitrogens is 2. The summed E-state index contributed by atoms with van der Waals surface area (Å²) in [5.41, 5.74) is 3.07. The quantitative estimate of drug-likeness (QED) is 0.312. The molecule has 212 valence electrons. The fourth-order valence-electron chi connectivity index (χ4n) is 6.30. The Morgan fingerprint density at radius 1 is 1.15 bits per heavy atom. The minimum absolute atomic E-state index is 0.128. The van der Waals surface area contributed by atoms with Gasteiger partial charge in [0.15, 0.2) is 0 Å². The summed E-state index contributed by atoms with van der Waals surface area (Å²) in [6.45, 7) is 15.4. The van der Waals surface area contributed by atoms with Crippen molar-refractivity contribution in [3.63, 3.8) is 0 Å². The highest BCUT2D eigenvalue weighted by Crippen LogP contribution is 2.41. The highest BCUT2D eigenvalue weighted by Gasteiger charge is 2.47. The first-order valence-electron chi connectivity index (χ1n) is 14.4. The number of benzene rings is 2. The van der Waals surface area contributed by atoms with Crippen LogP contribution in [0, 0.1) is 6.57 Å².